The van der Waals surface area contributed by atoms with Crippen LogP contribution in [0.2, 0.25) is 0 Å². The number of anilines is 2. The topological polar surface area (TPSA) is 46.3 Å². The molecule has 0 aliphatic heterocycles. The minimum atomic E-state index is -0.152. The van der Waals surface area contributed by atoms with Gasteiger partial charge in [0, 0.05) is 23.5 Å². The largest absolute Gasteiger partial charge is 0.399 e. The van der Waals surface area contributed by atoms with Gasteiger partial charge in [-0.2, -0.15) is 0 Å². The van der Waals surface area contributed by atoms with Crippen LogP contribution in [0.4, 0.5) is 11.4 Å². The van der Waals surface area contributed by atoms with Crippen molar-refractivity contribution in [3.05, 3.63) is 60.2 Å². The maximum atomic E-state index is 12.8. The van der Waals surface area contributed by atoms with Gasteiger partial charge < -0.3 is 10.6 Å². The molecule has 0 amide bonds. The van der Waals surface area contributed by atoms with Gasteiger partial charge in [0.25, 0.3) is 0 Å². The van der Waals surface area contributed by atoms with E-state index in [-0.39, 0.29) is 11.8 Å². The number of nitrogen functional groups attached to an aromatic ring is 1. The minimum Gasteiger partial charge on any atom is -0.399 e. The molecular weight excluding hydrogens is 260 g/mol. The fourth-order valence-corrected chi connectivity index (χ4v) is 2.59. The molecule has 21 heavy (non-hydrogen) atoms. The molecule has 0 spiro atoms. The van der Waals surface area contributed by atoms with Crippen molar-refractivity contribution in [2.45, 2.75) is 26.3 Å². The number of nitrogens with zero attached hydrogens (tertiary/aromatic N) is 1. The lowest BCUT2D eigenvalue weighted by molar-refractivity contribution is 0.0955. The highest BCUT2D eigenvalue weighted by Crippen LogP contribution is 2.21. The predicted octanol–water partition coefficient (Wildman–Crippen LogP) is 3.76. The summed E-state index contributed by atoms with van der Waals surface area (Å²) in [7, 11) is 0. The van der Waals surface area contributed by atoms with E-state index in [1.165, 1.54) is 0 Å². The van der Waals surface area contributed by atoms with Crippen molar-refractivity contribution in [2.24, 2.45) is 0 Å². The van der Waals surface area contributed by atoms with Crippen molar-refractivity contribution in [1.29, 1.82) is 0 Å². The molecule has 2 aromatic carbocycles. The first-order valence-electron chi connectivity index (χ1n) is 7.38. The van der Waals surface area contributed by atoms with Gasteiger partial charge in [-0.05, 0) is 49.7 Å². The van der Waals surface area contributed by atoms with Crippen LogP contribution in [0.1, 0.15) is 30.6 Å². The number of ketones is 1. The average molecular weight is 282 g/mol. The quantitative estimate of drug-likeness (QED) is 0.648. The van der Waals surface area contributed by atoms with Crippen molar-refractivity contribution in [3.63, 3.8) is 0 Å². The summed E-state index contributed by atoms with van der Waals surface area (Å²) in [6.45, 7) is 4.92. The molecule has 0 heterocycles. The Labute approximate surface area is 126 Å². The van der Waals surface area contributed by atoms with Crippen molar-refractivity contribution >= 4 is 17.2 Å². The number of hydrogen-bond donors (Lipinski definition) is 1. The predicted molar refractivity (Wildman–Crippen MR) is 88.7 cm³/mol. The van der Waals surface area contributed by atoms with E-state index >= 15 is 0 Å². The van der Waals surface area contributed by atoms with E-state index < -0.39 is 0 Å². The van der Waals surface area contributed by atoms with Crippen LogP contribution in [0, 0.1) is 0 Å². The van der Waals surface area contributed by atoms with E-state index in [0.717, 1.165) is 18.7 Å². The summed E-state index contributed by atoms with van der Waals surface area (Å²) in [5.74, 6) is 0.142. The highest BCUT2D eigenvalue weighted by molar-refractivity contribution is 6.02. The summed E-state index contributed by atoms with van der Waals surface area (Å²) in [5.41, 5.74) is 8.16. The highest BCUT2D eigenvalue weighted by Gasteiger charge is 2.24. The fraction of sp³-hybridized carbons (Fsp3) is 0.278. The third kappa shape index (κ3) is 3.43. The standard InChI is InChI=1S/C18H22N2O/c1-3-17(18(21)14-10-12-15(19)13-11-14)20(4-2)16-8-6-5-7-9-16/h5-13,17H,3-4,19H2,1-2H3. The molecule has 1 unspecified atom stereocenters. The molecule has 0 saturated carbocycles. The smallest absolute Gasteiger partial charge is 0.185 e. The number of carbonyl (C=O) groups is 1. The van der Waals surface area contributed by atoms with Crippen LogP contribution in [0.15, 0.2) is 54.6 Å². The lowest BCUT2D eigenvalue weighted by Crippen LogP contribution is -2.41. The Bertz CT molecular complexity index is 578. The van der Waals surface area contributed by atoms with E-state index in [9.17, 15) is 4.79 Å². The first kappa shape index (κ1) is 15.1. The van der Waals surface area contributed by atoms with E-state index in [1.807, 2.05) is 37.3 Å². The molecule has 0 aliphatic carbocycles. The van der Waals surface area contributed by atoms with Crippen molar-refractivity contribution in [3.8, 4) is 0 Å². The summed E-state index contributed by atoms with van der Waals surface area (Å²) in [5, 5.41) is 0. The molecule has 2 aromatic rings. The van der Waals surface area contributed by atoms with Gasteiger partial charge in [0.15, 0.2) is 5.78 Å². The maximum Gasteiger partial charge on any atom is 0.185 e. The van der Waals surface area contributed by atoms with Gasteiger partial charge in [-0.15, -0.1) is 0 Å². The minimum absolute atomic E-state index is 0.142. The van der Waals surface area contributed by atoms with Gasteiger partial charge in [0.05, 0.1) is 6.04 Å². The van der Waals surface area contributed by atoms with Gasteiger partial charge in [-0.25, -0.2) is 0 Å². The Morgan fingerprint density at radius 2 is 1.67 bits per heavy atom. The molecule has 3 nitrogen and oxygen atoms in total. The van der Waals surface area contributed by atoms with Crippen LogP contribution in [0.25, 0.3) is 0 Å². The number of para-hydroxylation sites is 1. The number of hydrogen-bond acceptors (Lipinski definition) is 3. The Balaban J connectivity index is 2.29. The van der Waals surface area contributed by atoms with Crippen LogP contribution in [0.3, 0.4) is 0 Å². The molecule has 0 saturated heterocycles. The maximum absolute atomic E-state index is 12.8. The zero-order valence-electron chi connectivity index (χ0n) is 12.6. The molecule has 2 rings (SSSR count). The van der Waals surface area contributed by atoms with Crippen molar-refractivity contribution in [2.75, 3.05) is 17.2 Å². The summed E-state index contributed by atoms with van der Waals surface area (Å²) >= 11 is 0. The zero-order valence-corrected chi connectivity index (χ0v) is 12.6. The van der Waals surface area contributed by atoms with E-state index in [4.69, 9.17) is 5.73 Å². The Hall–Kier alpha value is -2.29. The number of Topliss-reactive ketones (excluding diaryl/α,β-unsaturated/α-hetero) is 1. The molecule has 0 aromatic heterocycles. The number of carbonyl (C=O) groups excluding carboxylic acids is 1. The zero-order chi connectivity index (χ0) is 15.2. The molecule has 0 fully saturated rings. The van der Waals surface area contributed by atoms with Gasteiger partial charge in [0.1, 0.15) is 0 Å². The van der Waals surface area contributed by atoms with Crippen LogP contribution in [0.5, 0.6) is 0 Å². The van der Waals surface area contributed by atoms with Crippen LogP contribution in [-0.4, -0.2) is 18.4 Å². The van der Waals surface area contributed by atoms with Crippen LogP contribution >= 0.6 is 0 Å². The molecule has 2 N–H and O–H groups in total. The normalized spacial score (nSPS) is 11.9. The number of likely N-dealkylation sites (N-methyl/N-ethyl adjacent to an activating group) is 1. The molecule has 0 aliphatic rings. The first-order valence-corrected chi connectivity index (χ1v) is 7.38. The Morgan fingerprint density at radius 1 is 1.05 bits per heavy atom. The van der Waals surface area contributed by atoms with Gasteiger partial charge in [-0.1, -0.05) is 25.1 Å². The number of benzene rings is 2. The second-order valence-electron chi connectivity index (χ2n) is 5.03. The molecule has 0 bridgehead atoms. The van der Waals surface area contributed by atoms with Crippen LogP contribution in [-0.2, 0) is 0 Å². The molecular formula is C18H22N2O. The van der Waals surface area contributed by atoms with Gasteiger partial charge in [0.2, 0.25) is 0 Å². The van der Waals surface area contributed by atoms with Gasteiger partial charge in [-0.3, -0.25) is 4.79 Å². The van der Waals surface area contributed by atoms with E-state index in [0.29, 0.717) is 11.3 Å². The Morgan fingerprint density at radius 3 is 2.19 bits per heavy atom. The highest BCUT2D eigenvalue weighted by atomic mass is 16.1. The third-order valence-electron chi connectivity index (χ3n) is 3.69. The summed E-state index contributed by atoms with van der Waals surface area (Å²) < 4.78 is 0. The number of nitrogens with two attached hydrogens (primary N) is 1. The molecule has 110 valence electrons. The number of rotatable bonds is 6. The van der Waals surface area contributed by atoms with Crippen LogP contribution < -0.4 is 10.6 Å². The van der Waals surface area contributed by atoms with Crippen molar-refractivity contribution in [1.82, 2.24) is 0 Å². The summed E-state index contributed by atoms with van der Waals surface area (Å²) in [6.07, 6.45) is 0.770. The Kier molecular flexibility index (Phi) is 4.99. The average Bonchev–Trinajstić information content (AvgIpc) is 2.53. The lowest BCUT2D eigenvalue weighted by atomic mass is 9.99. The third-order valence-corrected chi connectivity index (χ3v) is 3.69. The molecule has 1 atom stereocenters. The van der Waals surface area contributed by atoms with Crippen molar-refractivity contribution < 1.29 is 4.79 Å². The van der Waals surface area contributed by atoms with Gasteiger partial charge >= 0.3 is 0 Å². The second kappa shape index (κ2) is 6.93. The van der Waals surface area contributed by atoms with E-state index in [2.05, 4.69) is 11.8 Å². The summed E-state index contributed by atoms with van der Waals surface area (Å²) in [4.78, 5) is 14.9. The van der Waals surface area contributed by atoms with E-state index in [1.54, 1.807) is 24.3 Å². The first-order chi connectivity index (χ1) is 10.2. The fourth-order valence-electron chi connectivity index (χ4n) is 2.59. The molecule has 3 heteroatoms. The molecule has 0 radical (unpaired) electrons. The SMILES string of the molecule is CCC(C(=O)c1ccc(N)cc1)N(CC)c1ccccc1. The monoisotopic (exact) mass is 282 g/mol. The lowest BCUT2D eigenvalue weighted by Gasteiger charge is -2.31. The second-order valence-corrected chi connectivity index (χ2v) is 5.03. The summed E-state index contributed by atoms with van der Waals surface area (Å²) in [6, 6.07) is 17.1.